The van der Waals surface area contributed by atoms with Crippen LogP contribution in [-0.2, 0) is 17.5 Å². The van der Waals surface area contributed by atoms with Gasteiger partial charge in [0, 0.05) is 32.2 Å². The fourth-order valence-electron chi connectivity index (χ4n) is 1.39. The maximum atomic E-state index is 12.3. The van der Waals surface area contributed by atoms with E-state index in [-0.39, 0.29) is 0 Å². The number of nitrogens with zero attached hydrogens (tertiary/aromatic N) is 1. The molecule has 0 saturated heterocycles. The van der Waals surface area contributed by atoms with E-state index in [1.54, 1.807) is 18.6 Å². The summed E-state index contributed by atoms with van der Waals surface area (Å²) >= 11 is 0. The van der Waals surface area contributed by atoms with Gasteiger partial charge < -0.3 is 9.30 Å². The van der Waals surface area contributed by atoms with Gasteiger partial charge in [0.05, 0.1) is 5.56 Å². The van der Waals surface area contributed by atoms with Crippen molar-refractivity contribution in [2.24, 2.45) is 0 Å². The molecular formula is C10H14F3NO. The summed E-state index contributed by atoms with van der Waals surface area (Å²) in [5, 5.41) is 0. The Kier molecular flexibility index (Phi) is 3.79. The molecule has 0 atom stereocenters. The third kappa shape index (κ3) is 3.27. The van der Waals surface area contributed by atoms with Crippen LogP contribution in [-0.4, -0.2) is 18.3 Å². The Labute approximate surface area is 86.7 Å². The first-order valence-corrected chi connectivity index (χ1v) is 4.68. The first-order chi connectivity index (χ1) is 6.95. The summed E-state index contributed by atoms with van der Waals surface area (Å²) in [6.07, 6.45) is -2.40. The molecular weight excluding hydrogens is 207 g/mol. The van der Waals surface area contributed by atoms with Crippen molar-refractivity contribution < 1.29 is 17.9 Å². The van der Waals surface area contributed by atoms with E-state index in [1.807, 2.05) is 0 Å². The molecule has 0 aromatic carbocycles. The van der Waals surface area contributed by atoms with Crippen LogP contribution in [0.15, 0.2) is 12.3 Å². The molecule has 1 rings (SSSR count). The fourth-order valence-corrected chi connectivity index (χ4v) is 1.39. The van der Waals surface area contributed by atoms with E-state index in [2.05, 4.69) is 0 Å². The monoisotopic (exact) mass is 221 g/mol. The zero-order valence-electron chi connectivity index (χ0n) is 8.77. The first kappa shape index (κ1) is 12.1. The molecule has 0 N–H and O–H groups in total. The van der Waals surface area contributed by atoms with Gasteiger partial charge in [-0.1, -0.05) is 0 Å². The zero-order valence-corrected chi connectivity index (χ0v) is 8.77. The molecule has 0 amide bonds. The van der Waals surface area contributed by atoms with Crippen LogP contribution in [0.5, 0.6) is 0 Å². The number of rotatable bonds is 4. The Morgan fingerprint density at radius 3 is 2.53 bits per heavy atom. The van der Waals surface area contributed by atoms with Gasteiger partial charge in [0.2, 0.25) is 0 Å². The minimum absolute atomic E-state index is 0.551. The number of aryl methyl sites for hydroxylation is 2. The van der Waals surface area contributed by atoms with E-state index in [9.17, 15) is 13.2 Å². The topological polar surface area (TPSA) is 14.2 Å². The lowest BCUT2D eigenvalue weighted by molar-refractivity contribution is -0.137. The average Bonchev–Trinajstić information content (AvgIpc) is 2.48. The molecule has 5 heteroatoms. The highest BCUT2D eigenvalue weighted by Crippen LogP contribution is 2.30. The van der Waals surface area contributed by atoms with E-state index in [0.717, 1.165) is 12.3 Å². The van der Waals surface area contributed by atoms with Crippen molar-refractivity contribution in [2.45, 2.75) is 26.1 Å². The van der Waals surface area contributed by atoms with Gasteiger partial charge in [-0.05, 0) is 19.4 Å². The number of halogens is 3. The number of hydrogen-bond acceptors (Lipinski definition) is 1. The summed E-state index contributed by atoms with van der Waals surface area (Å²) in [5.41, 5.74) is 0.0378. The highest BCUT2D eigenvalue weighted by molar-refractivity contribution is 5.20. The third-order valence-electron chi connectivity index (χ3n) is 2.19. The normalized spacial score (nSPS) is 12.1. The Morgan fingerprint density at radius 2 is 2.07 bits per heavy atom. The first-order valence-electron chi connectivity index (χ1n) is 4.68. The predicted molar refractivity (Wildman–Crippen MR) is 50.7 cm³/mol. The highest BCUT2D eigenvalue weighted by Gasteiger charge is 2.31. The van der Waals surface area contributed by atoms with Gasteiger partial charge in [0.15, 0.2) is 0 Å². The van der Waals surface area contributed by atoms with Crippen LogP contribution >= 0.6 is 0 Å². The molecule has 0 bridgehead atoms. The Morgan fingerprint density at radius 1 is 1.40 bits per heavy atom. The minimum Gasteiger partial charge on any atom is -0.385 e. The molecule has 0 aliphatic heterocycles. The number of aromatic nitrogens is 1. The largest absolute Gasteiger partial charge is 0.417 e. The minimum atomic E-state index is -4.25. The molecule has 1 heterocycles. The molecule has 0 radical (unpaired) electrons. The summed E-state index contributed by atoms with van der Waals surface area (Å²) in [6.45, 7) is 2.77. The summed E-state index contributed by atoms with van der Waals surface area (Å²) in [7, 11) is 1.57. The lowest BCUT2D eigenvalue weighted by Crippen LogP contribution is -2.04. The lowest BCUT2D eigenvalue weighted by atomic mass is 10.3. The standard InChI is InChI=1S/C10H14F3NO/c1-8-6-9(10(11,12)13)7-14(8)4-3-5-15-2/h6-7H,3-5H2,1-2H3. The van der Waals surface area contributed by atoms with E-state index in [1.165, 1.54) is 0 Å². The SMILES string of the molecule is COCCCn1cc(C(F)(F)F)cc1C. The lowest BCUT2D eigenvalue weighted by Gasteiger charge is -2.05. The second kappa shape index (κ2) is 4.70. The second-order valence-electron chi connectivity index (χ2n) is 3.41. The van der Waals surface area contributed by atoms with Gasteiger partial charge in [-0.15, -0.1) is 0 Å². The average molecular weight is 221 g/mol. The van der Waals surface area contributed by atoms with Crippen LogP contribution < -0.4 is 0 Å². The van der Waals surface area contributed by atoms with Gasteiger partial charge in [0.25, 0.3) is 0 Å². The summed E-state index contributed by atoms with van der Waals surface area (Å²) in [6, 6.07) is 1.16. The Bertz CT molecular complexity index is 317. The Balaban J connectivity index is 2.69. The second-order valence-corrected chi connectivity index (χ2v) is 3.41. The number of hydrogen-bond donors (Lipinski definition) is 0. The van der Waals surface area contributed by atoms with E-state index < -0.39 is 11.7 Å². The van der Waals surface area contributed by atoms with Crippen LogP contribution in [0.3, 0.4) is 0 Å². The predicted octanol–water partition coefficient (Wildman–Crippen LogP) is 2.85. The van der Waals surface area contributed by atoms with Crippen molar-refractivity contribution in [3.8, 4) is 0 Å². The molecule has 1 aromatic rings. The number of alkyl halides is 3. The van der Waals surface area contributed by atoms with Gasteiger partial charge >= 0.3 is 6.18 Å². The van der Waals surface area contributed by atoms with Gasteiger partial charge in [-0.25, -0.2) is 0 Å². The molecule has 0 saturated carbocycles. The molecule has 0 aliphatic carbocycles. The van der Waals surface area contributed by atoms with Crippen molar-refractivity contribution in [1.29, 1.82) is 0 Å². The molecule has 0 aliphatic rings. The molecule has 2 nitrogen and oxygen atoms in total. The van der Waals surface area contributed by atoms with Crippen molar-refractivity contribution in [3.05, 3.63) is 23.5 Å². The van der Waals surface area contributed by atoms with Crippen LogP contribution in [0.25, 0.3) is 0 Å². The summed E-state index contributed by atoms with van der Waals surface area (Å²) in [4.78, 5) is 0. The zero-order chi connectivity index (χ0) is 11.5. The molecule has 15 heavy (non-hydrogen) atoms. The molecule has 0 fully saturated rings. The van der Waals surface area contributed by atoms with Gasteiger partial charge in [-0.2, -0.15) is 13.2 Å². The highest BCUT2D eigenvalue weighted by atomic mass is 19.4. The van der Waals surface area contributed by atoms with Crippen LogP contribution in [0, 0.1) is 6.92 Å². The number of methoxy groups -OCH3 is 1. The smallest absolute Gasteiger partial charge is 0.385 e. The van der Waals surface area contributed by atoms with Crippen LogP contribution in [0.4, 0.5) is 13.2 Å². The van der Waals surface area contributed by atoms with Crippen molar-refractivity contribution >= 4 is 0 Å². The van der Waals surface area contributed by atoms with E-state index in [4.69, 9.17) is 4.74 Å². The van der Waals surface area contributed by atoms with Gasteiger partial charge in [-0.3, -0.25) is 0 Å². The Hall–Kier alpha value is -0.970. The van der Waals surface area contributed by atoms with Crippen LogP contribution in [0.2, 0.25) is 0 Å². The number of ether oxygens (including phenoxy) is 1. The molecule has 0 unspecified atom stereocenters. The van der Waals surface area contributed by atoms with Gasteiger partial charge in [0.1, 0.15) is 0 Å². The van der Waals surface area contributed by atoms with E-state index >= 15 is 0 Å². The van der Waals surface area contributed by atoms with Crippen molar-refractivity contribution in [1.82, 2.24) is 4.57 Å². The molecule has 0 spiro atoms. The molecule has 1 aromatic heterocycles. The van der Waals surface area contributed by atoms with Crippen molar-refractivity contribution in [3.63, 3.8) is 0 Å². The van der Waals surface area contributed by atoms with E-state index in [0.29, 0.717) is 25.3 Å². The summed E-state index contributed by atoms with van der Waals surface area (Å²) < 4.78 is 43.4. The maximum Gasteiger partial charge on any atom is 0.417 e. The van der Waals surface area contributed by atoms with Crippen molar-refractivity contribution in [2.75, 3.05) is 13.7 Å². The quantitative estimate of drug-likeness (QED) is 0.713. The maximum absolute atomic E-state index is 12.3. The fraction of sp³-hybridized carbons (Fsp3) is 0.600. The summed E-state index contributed by atoms with van der Waals surface area (Å²) in [5.74, 6) is 0. The third-order valence-corrected chi connectivity index (χ3v) is 2.19. The van der Waals surface area contributed by atoms with Crippen LogP contribution in [0.1, 0.15) is 17.7 Å². The molecule has 86 valence electrons.